The summed E-state index contributed by atoms with van der Waals surface area (Å²) in [6.07, 6.45) is 6.92. The van der Waals surface area contributed by atoms with Crippen LogP contribution in [-0.2, 0) is 13.1 Å². The first-order valence-electron chi connectivity index (χ1n) is 11.0. The molecule has 0 aliphatic carbocycles. The van der Waals surface area contributed by atoms with Gasteiger partial charge in [-0.15, -0.1) is 5.11 Å². The highest BCUT2D eigenvalue weighted by atomic mass is 15.4. The highest BCUT2D eigenvalue weighted by molar-refractivity contribution is 5.97. The second-order valence-corrected chi connectivity index (χ2v) is 7.61. The Morgan fingerprint density at radius 2 is 1.23 bits per heavy atom. The van der Waals surface area contributed by atoms with Gasteiger partial charge in [0.05, 0.1) is 11.4 Å². The minimum atomic E-state index is 0.303. The quantitative estimate of drug-likeness (QED) is 0.105. The van der Waals surface area contributed by atoms with Crippen molar-refractivity contribution in [3.63, 3.8) is 0 Å². The van der Waals surface area contributed by atoms with Gasteiger partial charge in [-0.1, -0.05) is 29.5 Å². The van der Waals surface area contributed by atoms with Gasteiger partial charge in [-0.2, -0.15) is 0 Å². The lowest BCUT2D eigenvalue weighted by atomic mass is 10.1. The molecule has 0 fully saturated rings. The van der Waals surface area contributed by atoms with Crippen LogP contribution in [0.25, 0.3) is 0 Å². The highest BCUT2D eigenvalue weighted by Gasteiger charge is 2.04. The van der Waals surface area contributed by atoms with Crippen LogP contribution in [-0.4, -0.2) is 21.6 Å². The molecule has 0 spiro atoms. The molecule has 9 heteroatoms. The van der Waals surface area contributed by atoms with E-state index in [0.29, 0.717) is 41.7 Å². The lowest BCUT2D eigenvalue weighted by Gasteiger charge is -2.09. The number of hydrogen-bond acceptors (Lipinski definition) is 6. The zero-order chi connectivity index (χ0) is 24.3. The Bertz CT molecular complexity index is 1300. The molecule has 35 heavy (non-hydrogen) atoms. The van der Waals surface area contributed by atoms with Crippen LogP contribution in [0, 0.1) is 10.8 Å². The van der Waals surface area contributed by atoms with Crippen molar-refractivity contribution in [1.29, 1.82) is 10.8 Å². The molecule has 0 aliphatic rings. The van der Waals surface area contributed by atoms with Crippen molar-refractivity contribution in [2.24, 2.45) is 10.3 Å². The van der Waals surface area contributed by atoms with Crippen LogP contribution in [0.4, 0.5) is 11.4 Å². The average Bonchev–Trinajstić information content (AvgIpc) is 2.92. The van der Waals surface area contributed by atoms with Gasteiger partial charge in [0.25, 0.3) is 0 Å². The Hall–Kier alpha value is -4.92. The minimum absolute atomic E-state index is 0.303. The molecule has 0 unspecified atom stereocenters. The normalized spacial score (nSPS) is 10.6. The van der Waals surface area contributed by atoms with Gasteiger partial charge in [0, 0.05) is 49.0 Å². The van der Waals surface area contributed by atoms with Crippen molar-refractivity contribution in [2.45, 2.75) is 13.1 Å². The van der Waals surface area contributed by atoms with Crippen molar-refractivity contribution in [3.8, 4) is 0 Å². The summed E-state index contributed by atoms with van der Waals surface area (Å²) in [5, 5.41) is 31.1. The third-order valence-electron chi connectivity index (χ3n) is 5.07. The van der Waals surface area contributed by atoms with Crippen molar-refractivity contribution >= 4 is 23.0 Å². The fourth-order valence-electron chi connectivity index (χ4n) is 3.19. The van der Waals surface area contributed by atoms with E-state index in [1.807, 2.05) is 66.7 Å². The van der Waals surface area contributed by atoms with E-state index in [0.717, 1.165) is 16.7 Å². The van der Waals surface area contributed by atoms with Gasteiger partial charge >= 0.3 is 0 Å². The predicted molar refractivity (Wildman–Crippen MR) is 137 cm³/mol. The van der Waals surface area contributed by atoms with Gasteiger partial charge in [-0.25, -0.2) is 0 Å². The van der Waals surface area contributed by atoms with Crippen LogP contribution in [0.1, 0.15) is 22.3 Å². The molecule has 9 nitrogen and oxygen atoms in total. The van der Waals surface area contributed by atoms with E-state index in [1.165, 1.54) is 0 Å². The smallest absolute Gasteiger partial charge is 0.125 e. The molecule has 2 aromatic carbocycles. The van der Waals surface area contributed by atoms with E-state index in [-0.39, 0.29) is 0 Å². The Morgan fingerprint density at radius 3 is 1.83 bits per heavy atom. The number of amidine groups is 2. The number of aromatic nitrogens is 2. The molecule has 4 aromatic rings. The number of hydrogen-bond donors (Lipinski definition) is 5. The molecule has 0 saturated heterocycles. The predicted octanol–water partition coefficient (Wildman–Crippen LogP) is 4.82. The molecule has 0 radical (unpaired) electrons. The summed E-state index contributed by atoms with van der Waals surface area (Å²) in [5.74, 6) is 0.616. The zero-order valence-electron chi connectivity index (χ0n) is 18.9. The molecule has 0 amide bonds. The van der Waals surface area contributed by atoms with Crippen LogP contribution in [0.5, 0.6) is 0 Å². The summed E-state index contributed by atoms with van der Waals surface area (Å²) in [7, 11) is 0. The first-order chi connectivity index (χ1) is 17.2. The molecule has 0 bridgehead atoms. The van der Waals surface area contributed by atoms with Crippen LogP contribution >= 0.6 is 0 Å². The Kier molecular flexibility index (Phi) is 7.84. The van der Waals surface area contributed by atoms with Gasteiger partial charge < -0.3 is 10.6 Å². The summed E-state index contributed by atoms with van der Waals surface area (Å²) in [6, 6.07) is 22.3. The lowest BCUT2D eigenvalue weighted by molar-refractivity contribution is 0.904. The third kappa shape index (κ3) is 7.03. The summed E-state index contributed by atoms with van der Waals surface area (Å²) >= 11 is 0. The summed E-state index contributed by atoms with van der Waals surface area (Å²) < 4.78 is 0. The van der Waals surface area contributed by atoms with Gasteiger partial charge in [0.1, 0.15) is 11.7 Å². The Morgan fingerprint density at radius 1 is 0.686 bits per heavy atom. The van der Waals surface area contributed by atoms with Gasteiger partial charge in [0.15, 0.2) is 0 Å². The number of pyridine rings is 2. The van der Waals surface area contributed by atoms with E-state index < -0.39 is 0 Å². The van der Waals surface area contributed by atoms with E-state index in [9.17, 15) is 0 Å². The van der Waals surface area contributed by atoms with Crippen molar-refractivity contribution in [3.05, 3.63) is 120 Å². The molecular weight excluding hydrogens is 438 g/mol. The zero-order valence-corrected chi connectivity index (χ0v) is 18.9. The van der Waals surface area contributed by atoms with Crippen LogP contribution in [0.3, 0.4) is 0 Å². The standard InChI is InChI=1S/C26H25N9/c27-25(31-17-19-7-11-29-12-8-19)21-3-1-5-23(15-21)33-35-34-24-6-2-4-22(16-24)26(28)32-18-20-9-13-30-14-10-20/h1-16H,17-18H2,(H2,27,31)(H2,28,32)(H,33,34). The number of nitrogens with one attached hydrogen (secondary N) is 5. The number of anilines is 1. The minimum Gasteiger partial charge on any atom is -0.366 e. The SMILES string of the molecule is N=C(NCc1ccncc1)c1cccc(/N=N/Nc2cccc(C(=N)NCc3ccncc3)c2)c1. The first kappa shape index (κ1) is 23.2. The molecule has 0 saturated carbocycles. The van der Waals surface area contributed by atoms with Crippen molar-refractivity contribution in [2.75, 3.05) is 5.43 Å². The Labute approximate surface area is 203 Å². The molecular formula is C26H25N9. The monoisotopic (exact) mass is 463 g/mol. The molecule has 0 atom stereocenters. The second kappa shape index (κ2) is 11.8. The van der Waals surface area contributed by atoms with Crippen LogP contribution < -0.4 is 16.1 Å². The van der Waals surface area contributed by atoms with Gasteiger partial charge in [0.2, 0.25) is 0 Å². The molecule has 5 N–H and O–H groups in total. The number of rotatable bonds is 9. The molecule has 0 aliphatic heterocycles. The lowest BCUT2D eigenvalue weighted by Crippen LogP contribution is -2.22. The molecule has 2 heterocycles. The molecule has 4 rings (SSSR count). The fourth-order valence-corrected chi connectivity index (χ4v) is 3.19. The largest absolute Gasteiger partial charge is 0.366 e. The van der Waals surface area contributed by atoms with Crippen LogP contribution in [0.15, 0.2) is 108 Å². The summed E-state index contributed by atoms with van der Waals surface area (Å²) in [5.41, 5.74) is 7.79. The molecule has 2 aromatic heterocycles. The maximum atomic E-state index is 8.30. The maximum Gasteiger partial charge on any atom is 0.125 e. The van der Waals surface area contributed by atoms with Crippen LogP contribution in [0.2, 0.25) is 0 Å². The first-order valence-corrected chi connectivity index (χ1v) is 11.0. The maximum absolute atomic E-state index is 8.30. The van der Waals surface area contributed by atoms with Crippen molar-refractivity contribution in [1.82, 2.24) is 20.6 Å². The number of benzene rings is 2. The second-order valence-electron chi connectivity index (χ2n) is 7.61. The Balaban J connectivity index is 1.32. The third-order valence-corrected chi connectivity index (χ3v) is 5.07. The summed E-state index contributed by atoms with van der Waals surface area (Å²) in [6.45, 7) is 1.08. The number of nitrogens with zero attached hydrogens (tertiary/aromatic N) is 4. The summed E-state index contributed by atoms with van der Waals surface area (Å²) in [4.78, 5) is 8.00. The highest BCUT2D eigenvalue weighted by Crippen LogP contribution is 2.16. The fraction of sp³-hybridized carbons (Fsp3) is 0.0769. The van der Waals surface area contributed by atoms with Gasteiger partial charge in [-0.05, 0) is 59.7 Å². The topological polar surface area (TPSA) is 134 Å². The van der Waals surface area contributed by atoms with E-state index in [4.69, 9.17) is 10.8 Å². The molecule has 174 valence electrons. The van der Waals surface area contributed by atoms with Gasteiger partial charge in [-0.3, -0.25) is 26.2 Å². The average molecular weight is 464 g/mol. The van der Waals surface area contributed by atoms with E-state index >= 15 is 0 Å². The van der Waals surface area contributed by atoms with E-state index in [1.54, 1.807) is 30.9 Å². The van der Waals surface area contributed by atoms with Crippen molar-refractivity contribution < 1.29 is 0 Å². The van der Waals surface area contributed by atoms with E-state index in [2.05, 4.69) is 36.4 Å².